The maximum Gasteiger partial charge on any atom is 0.234 e. The largest absolute Gasteiger partial charge is 0.352 e. The van der Waals surface area contributed by atoms with Gasteiger partial charge in [-0.15, -0.1) is 6.58 Å². The fourth-order valence-corrected chi connectivity index (χ4v) is 1.56. The highest BCUT2D eigenvalue weighted by Crippen LogP contribution is 2.07. The summed E-state index contributed by atoms with van der Waals surface area (Å²) < 4.78 is 0. The van der Waals surface area contributed by atoms with Gasteiger partial charge in [0.2, 0.25) is 5.91 Å². The molecule has 0 saturated carbocycles. The van der Waals surface area contributed by atoms with Gasteiger partial charge in [-0.1, -0.05) is 12.5 Å². The van der Waals surface area contributed by atoms with E-state index in [9.17, 15) is 4.79 Å². The smallest absolute Gasteiger partial charge is 0.234 e. The molecule has 3 heteroatoms. The van der Waals surface area contributed by atoms with Crippen molar-refractivity contribution in [2.45, 2.75) is 19.3 Å². The molecule has 0 bridgehead atoms. The second-order valence-corrected chi connectivity index (χ2v) is 3.43. The average molecular weight is 182 g/mol. The third kappa shape index (κ3) is 4.08. The standard InChI is InChI=1S/C10H18N2O/c1-2-6-11-10(13)9-12-7-4-3-5-8-12/h2H,1,3-9H2,(H,11,13). The van der Waals surface area contributed by atoms with Gasteiger partial charge in [0.25, 0.3) is 0 Å². The lowest BCUT2D eigenvalue weighted by Crippen LogP contribution is -2.39. The van der Waals surface area contributed by atoms with Crippen molar-refractivity contribution in [1.82, 2.24) is 10.2 Å². The minimum Gasteiger partial charge on any atom is -0.352 e. The summed E-state index contributed by atoms with van der Waals surface area (Å²) in [6.07, 6.45) is 5.47. The van der Waals surface area contributed by atoms with Crippen molar-refractivity contribution in [3.8, 4) is 0 Å². The van der Waals surface area contributed by atoms with Crippen LogP contribution < -0.4 is 5.32 Å². The van der Waals surface area contributed by atoms with E-state index < -0.39 is 0 Å². The molecule has 0 aromatic carbocycles. The van der Waals surface area contributed by atoms with Crippen molar-refractivity contribution in [2.24, 2.45) is 0 Å². The molecule has 0 unspecified atom stereocenters. The summed E-state index contributed by atoms with van der Waals surface area (Å²) in [5.41, 5.74) is 0. The zero-order valence-corrected chi connectivity index (χ0v) is 8.09. The van der Waals surface area contributed by atoms with Crippen molar-refractivity contribution >= 4 is 5.91 Å². The third-order valence-electron chi connectivity index (χ3n) is 2.26. The molecule has 1 saturated heterocycles. The molecule has 1 aliphatic rings. The number of hydrogen-bond donors (Lipinski definition) is 1. The first-order valence-electron chi connectivity index (χ1n) is 4.93. The van der Waals surface area contributed by atoms with E-state index in [1.165, 1.54) is 19.3 Å². The number of carbonyl (C=O) groups excluding carboxylic acids is 1. The van der Waals surface area contributed by atoms with E-state index in [1.807, 2.05) is 0 Å². The second kappa shape index (κ2) is 5.75. The number of likely N-dealkylation sites (tertiary alicyclic amines) is 1. The van der Waals surface area contributed by atoms with E-state index >= 15 is 0 Å². The topological polar surface area (TPSA) is 32.3 Å². The number of hydrogen-bond acceptors (Lipinski definition) is 2. The molecule has 13 heavy (non-hydrogen) atoms. The zero-order valence-electron chi connectivity index (χ0n) is 8.09. The first-order chi connectivity index (χ1) is 6.33. The van der Waals surface area contributed by atoms with Gasteiger partial charge in [0.15, 0.2) is 0 Å². The fraction of sp³-hybridized carbons (Fsp3) is 0.700. The van der Waals surface area contributed by atoms with Crippen molar-refractivity contribution in [3.63, 3.8) is 0 Å². The maximum absolute atomic E-state index is 11.3. The fourth-order valence-electron chi connectivity index (χ4n) is 1.56. The molecule has 0 aromatic heterocycles. The van der Waals surface area contributed by atoms with Gasteiger partial charge in [-0.25, -0.2) is 0 Å². The molecule has 3 nitrogen and oxygen atoms in total. The highest BCUT2D eigenvalue weighted by molar-refractivity contribution is 5.78. The Hall–Kier alpha value is -0.830. The van der Waals surface area contributed by atoms with Gasteiger partial charge in [-0.2, -0.15) is 0 Å². The van der Waals surface area contributed by atoms with Gasteiger partial charge in [0, 0.05) is 6.54 Å². The van der Waals surface area contributed by atoms with Gasteiger partial charge in [-0.3, -0.25) is 9.69 Å². The minimum absolute atomic E-state index is 0.113. The molecule has 1 aliphatic heterocycles. The number of rotatable bonds is 4. The highest BCUT2D eigenvalue weighted by atomic mass is 16.2. The van der Waals surface area contributed by atoms with E-state index in [2.05, 4.69) is 16.8 Å². The van der Waals surface area contributed by atoms with Gasteiger partial charge >= 0.3 is 0 Å². The molecule has 74 valence electrons. The predicted octanol–water partition coefficient (Wildman–Crippen LogP) is 0.774. The summed E-state index contributed by atoms with van der Waals surface area (Å²) >= 11 is 0. The Labute approximate surface area is 79.8 Å². The highest BCUT2D eigenvalue weighted by Gasteiger charge is 2.12. The van der Waals surface area contributed by atoms with E-state index in [-0.39, 0.29) is 5.91 Å². The van der Waals surface area contributed by atoms with Crippen LogP contribution >= 0.6 is 0 Å². The Morgan fingerprint density at radius 3 is 2.69 bits per heavy atom. The zero-order chi connectivity index (χ0) is 9.52. The number of nitrogens with one attached hydrogen (secondary N) is 1. The average Bonchev–Trinajstić information content (AvgIpc) is 2.16. The van der Waals surface area contributed by atoms with Crippen molar-refractivity contribution in [1.29, 1.82) is 0 Å². The molecular formula is C10H18N2O. The van der Waals surface area contributed by atoms with Crippen LogP contribution in [-0.2, 0) is 4.79 Å². The first kappa shape index (κ1) is 10.3. The minimum atomic E-state index is 0.113. The first-order valence-corrected chi connectivity index (χ1v) is 4.93. The molecule has 0 spiro atoms. The Balaban J connectivity index is 2.14. The Morgan fingerprint density at radius 2 is 2.08 bits per heavy atom. The van der Waals surface area contributed by atoms with Gasteiger partial charge in [-0.05, 0) is 25.9 Å². The Kier molecular flexibility index (Phi) is 4.54. The van der Waals surface area contributed by atoms with Crippen molar-refractivity contribution in [3.05, 3.63) is 12.7 Å². The van der Waals surface area contributed by atoms with Gasteiger partial charge in [0.1, 0.15) is 0 Å². The maximum atomic E-state index is 11.3. The van der Waals surface area contributed by atoms with E-state index in [0.29, 0.717) is 13.1 Å². The lowest BCUT2D eigenvalue weighted by Gasteiger charge is -2.25. The second-order valence-electron chi connectivity index (χ2n) is 3.43. The molecular weight excluding hydrogens is 164 g/mol. The Morgan fingerprint density at radius 1 is 1.38 bits per heavy atom. The van der Waals surface area contributed by atoms with E-state index in [1.54, 1.807) is 6.08 Å². The van der Waals surface area contributed by atoms with E-state index in [4.69, 9.17) is 0 Å². The van der Waals surface area contributed by atoms with Crippen LogP contribution in [-0.4, -0.2) is 37.0 Å². The Bertz CT molecular complexity index is 174. The number of nitrogens with zero attached hydrogens (tertiary/aromatic N) is 1. The summed E-state index contributed by atoms with van der Waals surface area (Å²) in [7, 11) is 0. The summed E-state index contributed by atoms with van der Waals surface area (Å²) in [5.74, 6) is 0.113. The molecule has 0 atom stereocenters. The summed E-state index contributed by atoms with van der Waals surface area (Å²) in [5, 5.41) is 2.78. The van der Waals surface area contributed by atoms with Gasteiger partial charge in [0.05, 0.1) is 6.54 Å². The molecule has 1 rings (SSSR count). The van der Waals surface area contributed by atoms with Crippen LogP contribution in [0.4, 0.5) is 0 Å². The lowest BCUT2D eigenvalue weighted by atomic mass is 10.1. The van der Waals surface area contributed by atoms with Crippen LogP contribution in [0.3, 0.4) is 0 Å². The molecule has 1 N–H and O–H groups in total. The van der Waals surface area contributed by atoms with Gasteiger partial charge < -0.3 is 5.32 Å². The molecule has 1 fully saturated rings. The third-order valence-corrected chi connectivity index (χ3v) is 2.26. The molecule has 0 radical (unpaired) electrons. The van der Waals surface area contributed by atoms with Crippen LogP contribution in [0, 0.1) is 0 Å². The number of amides is 1. The van der Waals surface area contributed by atoms with Crippen molar-refractivity contribution < 1.29 is 4.79 Å². The molecule has 0 aliphatic carbocycles. The summed E-state index contributed by atoms with van der Waals surface area (Å²) in [4.78, 5) is 13.5. The SMILES string of the molecule is C=CCNC(=O)CN1CCCCC1. The predicted molar refractivity (Wildman–Crippen MR) is 53.5 cm³/mol. The monoisotopic (exact) mass is 182 g/mol. The normalized spacial score (nSPS) is 18.2. The number of piperidine rings is 1. The summed E-state index contributed by atoms with van der Waals surface area (Å²) in [6.45, 7) is 6.82. The molecule has 1 heterocycles. The molecule has 1 amide bonds. The lowest BCUT2D eigenvalue weighted by molar-refractivity contribution is -0.122. The van der Waals surface area contributed by atoms with Crippen LogP contribution in [0.25, 0.3) is 0 Å². The van der Waals surface area contributed by atoms with Crippen LogP contribution in [0.1, 0.15) is 19.3 Å². The quantitative estimate of drug-likeness (QED) is 0.651. The van der Waals surface area contributed by atoms with Crippen molar-refractivity contribution in [2.75, 3.05) is 26.2 Å². The summed E-state index contributed by atoms with van der Waals surface area (Å²) in [6, 6.07) is 0. The van der Waals surface area contributed by atoms with Crippen LogP contribution in [0.2, 0.25) is 0 Å². The van der Waals surface area contributed by atoms with Crippen LogP contribution in [0.15, 0.2) is 12.7 Å². The van der Waals surface area contributed by atoms with Crippen LogP contribution in [0.5, 0.6) is 0 Å². The number of carbonyl (C=O) groups is 1. The molecule has 0 aromatic rings. The van der Waals surface area contributed by atoms with E-state index in [0.717, 1.165) is 13.1 Å².